The van der Waals surface area contributed by atoms with Crippen molar-refractivity contribution in [3.8, 4) is 0 Å². The van der Waals surface area contributed by atoms with Gasteiger partial charge in [-0.2, -0.15) is 0 Å². The molecule has 106 valence electrons. The number of benzene rings is 1. The lowest BCUT2D eigenvalue weighted by Gasteiger charge is -2.22. The molecular formula is C13H16N4O3. The zero-order chi connectivity index (χ0) is 14.8. The molecule has 0 spiro atoms. The first-order chi connectivity index (χ1) is 9.43. The van der Waals surface area contributed by atoms with Crippen molar-refractivity contribution in [2.24, 2.45) is 5.41 Å². The number of hydrogen-bond acceptors (Lipinski definition) is 6. The van der Waals surface area contributed by atoms with Gasteiger partial charge in [-0.25, -0.2) is 9.97 Å². The fourth-order valence-electron chi connectivity index (χ4n) is 1.68. The zero-order valence-corrected chi connectivity index (χ0v) is 11.3. The van der Waals surface area contributed by atoms with E-state index in [-0.39, 0.29) is 17.7 Å². The first kappa shape index (κ1) is 14.1. The summed E-state index contributed by atoms with van der Waals surface area (Å²) in [5.74, 6) is 0.528. The second-order valence-corrected chi connectivity index (χ2v) is 5.36. The highest BCUT2D eigenvalue weighted by Crippen LogP contribution is 2.25. The van der Waals surface area contributed by atoms with Crippen LogP contribution >= 0.6 is 0 Å². The fourth-order valence-corrected chi connectivity index (χ4v) is 1.68. The lowest BCUT2D eigenvalue weighted by atomic mass is 9.95. The van der Waals surface area contributed by atoms with Crippen LogP contribution in [0.25, 0.3) is 10.9 Å². The number of aliphatic hydroxyl groups excluding tert-OH is 1. The largest absolute Gasteiger partial charge is 0.396 e. The maximum atomic E-state index is 10.8. The van der Waals surface area contributed by atoms with Gasteiger partial charge in [0.05, 0.1) is 10.4 Å². The van der Waals surface area contributed by atoms with Gasteiger partial charge in [0.25, 0.3) is 5.69 Å². The Kier molecular flexibility index (Phi) is 3.80. The number of nitrogens with one attached hydrogen (secondary N) is 1. The Bertz CT molecular complexity index is 643. The maximum absolute atomic E-state index is 10.8. The minimum Gasteiger partial charge on any atom is -0.396 e. The van der Waals surface area contributed by atoms with E-state index in [0.29, 0.717) is 23.3 Å². The number of aliphatic hydroxyl groups is 1. The van der Waals surface area contributed by atoms with Crippen LogP contribution in [0.1, 0.15) is 13.8 Å². The lowest BCUT2D eigenvalue weighted by molar-refractivity contribution is -0.384. The van der Waals surface area contributed by atoms with Crippen LogP contribution in [-0.2, 0) is 0 Å². The van der Waals surface area contributed by atoms with Gasteiger partial charge >= 0.3 is 0 Å². The van der Waals surface area contributed by atoms with Gasteiger partial charge in [0.2, 0.25) is 0 Å². The molecule has 1 heterocycles. The summed E-state index contributed by atoms with van der Waals surface area (Å²) in [4.78, 5) is 18.6. The summed E-state index contributed by atoms with van der Waals surface area (Å²) >= 11 is 0. The number of aromatic nitrogens is 2. The summed E-state index contributed by atoms with van der Waals surface area (Å²) < 4.78 is 0. The second-order valence-electron chi connectivity index (χ2n) is 5.36. The van der Waals surface area contributed by atoms with Gasteiger partial charge in [0.15, 0.2) is 0 Å². The predicted octanol–water partition coefficient (Wildman–Crippen LogP) is 1.97. The van der Waals surface area contributed by atoms with Crippen molar-refractivity contribution in [2.45, 2.75) is 13.8 Å². The number of nitro groups is 1. The van der Waals surface area contributed by atoms with Crippen LogP contribution in [0.2, 0.25) is 0 Å². The highest BCUT2D eigenvalue weighted by atomic mass is 16.6. The molecule has 0 bridgehead atoms. The molecule has 0 aliphatic carbocycles. The number of fused-ring (bicyclic) bond motifs is 1. The monoisotopic (exact) mass is 276 g/mol. The Morgan fingerprint density at radius 1 is 1.40 bits per heavy atom. The molecule has 0 amide bonds. The molecule has 0 saturated carbocycles. The van der Waals surface area contributed by atoms with Crippen molar-refractivity contribution in [3.63, 3.8) is 0 Å². The molecule has 2 N–H and O–H groups in total. The molecule has 0 aliphatic heterocycles. The number of rotatable bonds is 5. The normalized spacial score (nSPS) is 11.6. The standard InChI is InChI=1S/C13H16N4O3/c1-13(2,7-18)6-14-12-10-5-9(17(19)20)3-4-11(10)15-8-16-12/h3-5,8,18H,6-7H2,1-2H3,(H,14,15,16). The smallest absolute Gasteiger partial charge is 0.270 e. The van der Waals surface area contributed by atoms with Gasteiger partial charge in [0, 0.05) is 36.1 Å². The van der Waals surface area contributed by atoms with Crippen molar-refractivity contribution < 1.29 is 10.0 Å². The molecule has 1 aromatic carbocycles. The zero-order valence-electron chi connectivity index (χ0n) is 11.3. The molecule has 1 aromatic heterocycles. The summed E-state index contributed by atoms with van der Waals surface area (Å²) in [6.07, 6.45) is 1.41. The van der Waals surface area contributed by atoms with Crippen molar-refractivity contribution in [1.82, 2.24) is 9.97 Å². The lowest BCUT2D eigenvalue weighted by Crippen LogP contribution is -2.27. The Labute approximate surface area is 115 Å². The average Bonchev–Trinajstić information content (AvgIpc) is 2.44. The van der Waals surface area contributed by atoms with Crippen LogP contribution in [0.5, 0.6) is 0 Å². The highest BCUT2D eigenvalue weighted by Gasteiger charge is 2.17. The van der Waals surface area contributed by atoms with E-state index in [4.69, 9.17) is 0 Å². The van der Waals surface area contributed by atoms with Crippen LogP contribution < -0.4 is 5.32 Å². The van der Waals surface area contributed by atoms with Gasteiger partial charge in [-0.15, -0.1) is 0 Å². The van der Waals surface area contributed by atoms with Crippen LogP contribution in [0.4, 0.5) is 11.5 Å². The van der Waals surface area contributed by atoms with Gasteiger partial charge in [-0.05, 0) is 6.07 Å². The Morgan fingerprint density at radius 2 is 2.15 bits per heavy atom. The molecule has 2 rings (SSSR count). The minimum absolute atomic E-state index is 0.00299. The molecule has 0 unspecified atom stereocenters. The van der Waals surface area contributed by atoms with Crippen molar-refractivity contribution in [2.75, 3.05) is 18.5 Å². The maximum Gasteiger partial charge on any atom is 0.270 e. The van der Waals surface area contributed by atoms with E-state index in [0.717, 1.165) is 0 Å². The average molecular weight is 276 g/mol. The molecule has 0 aliphatic rings. The molecule has 0 atom stereocenters. The predicted molar refractivity (Wildman–Crippen MR) is 75.5 cm³/mol. The Morgan fingerprint density at radius 3 is 2.80 bits per heavy atom. The van der Waals surface area contributed by atoms with Gasteiger partial charge in [-0.3, -0.25) is 10.1 Å². The van der Waals surface area contributed by atoms with E-state index in [9.17, 15) is 15.2 Å². The van der Waals surface area contributed by atoms with E-state index < -0.39 is 4.92 Å². The van der Waals surface area contributed by atoms with E-state index in [1.165, 1.54) is 18.5 Å². The molecule has 7 nitrogen and oxygen atoms in total. The van der Waals surface area contributed by atoms with Crippen molar-refractivity contribution >= 4 is 22.4 Å². The summed E-state index contributed by atoms with van der Waals surface area (Å²) in [5, 5.41) is 23.8. The molecule has 7 heteroatoms. The van der Waals surface area contributed by atoms with E-state index >= 15 is 0 Å². The Balaban J connectivity index is 2.37. The van der Waals surface area contributed by atoms with Crippen LogP contribution in [0.15, 0.2) is 24.5 Å². The third-order valence-electron chi connectivity index (χ3n) is 2.99. The summed E-state index contributed by atoms with van der Waals surface area (Å²) in [5.41, 5.74) is 0.324. The number of hydrogen-bond donors (Lipinski definition) is 2. The topological polar surface area (TPSA) is 101 Å². The number of nitro benzene ring substituents is 1. The van der Waals surface area contributed by atoms with Crippen LogP contribution in [0.3, 0.4) is 0 Å². The third-order valence-corrected chi connectivity index (χ3v) is 2.99. The van der Waals surface area contributed by atoms with Gasteiger partial charge in [-0.1, -0.05) is 13.8 Å². The number of nitrogens with zero attached hydrogens (tertiary/aromatic N) is 3. The molecule has 2 aromatic rings. The molecule has 0 radical (unpaired) electrons. The van der Waals surface area contributed by atoms with E-state index in [2.05, 4.69) is 15.3 Å². The molecule has 0 fully saturated rings. The minimum atomic E-state index is -0.451. The SMILES string of the molecule is CC(C)(CO)CNc1ncnc2ccc([N+](=O)[O-])cc12. The van der Waals surface area contributed by atoms with Gasteiger partial charge in [0.1, 0.15) is 12.1 Å². The van der Waals surface area contributed by atoms with Gasteiger partial charge < -0.3 is 10.4 Å². The van der Waals surface area contributed by atoms with Crippen molar-refractivity contribution in [3.05, 3.63) is 34.6 Å². The third kappa shape index (κ3) is 3.00. The molecule has 0 saturated heterocycles. The first-order valence-corrected chi connectivity index (χ1v) is 6.17. The summed E-state index contributed by atoms with van der Waals surface area (Å²) in [6.45, 7) is 4.35. The summed E-state index contributed by atoms with van der Waals surface area (Å²) in [6, 6.07) is 4.46. The van der Waals surface area contributed by atoms with Crippen molar-refractivity contribution in [1.29, 1.82) is 0 Å². The quantitative estimate of drug-likeness (QED) is 0.639. The fraction of sp³-hybridized carbons (Fsp3) is 0.385. The van der Waals surface area contributed by atoms with E-state index in [1.54, 1.807) is 6.07 Å². The summed E-state index contributed by atoms with van der Waals surface area (Å²) in [7, 11) is 0. The highest BCUT2D eigenvalue weighted by molar-refractivity contribution is 5.90. The van der Waals surface area contributed by atoms with E-state index in [1.807, 2.05) is 13.8 Å². The Hall–Kier alpha value is -2.28. The second kappa shape index (κ2) is 5.38. The van der Waals surface area contributed by atoms with Crippen LogP contribution in [0, 0.1) is 15.5 Å². The number of anilines is 1. The number of non-ortho nitro benzene ring substituents is 1. The van der Waals surface area contributed by atoms with Crippen LogP contribution in [-0.4, -0.2) is 33.1 Å². The molecular weight excluding hydrogens is 260 g/mol. The first-order valence-electron chi connectivity index (χ1n) is 6.17. The molecule has 20 heavy (non-hydrogen) atoms.